The van der Waals surface area contributed by atoms with E-state index in [0.717, 1.165) is 16.8 Å². The largest absolute Gasteiger partial charge is 0.493 e. The summed E-state index contributed by atoms with van der Waals surface area (Å²) in [5.74, 6) is 0.962. The van der Waals surface area contributed by atoms with E-state index in [1.54, 1.807) is 24.4 Å². The molecule has 0 fully saturated rings. The molecule has 0 bridgehead atoms. The lowest BCUT2D eigenvalue weighted by molar-refractivity contribution is 0.0467. The van der Waals surface area contributed by atoms with Crippen LogP contribution in [0.15, 0.2) is 51.9 Å². The Morgan fingerprint density at radius 3 is 2.64 bits per heavy atom. The minimum atomic E-state index is -0.572. The summed E-state index contributed by atoms with van der Waals surface area (Å²) in [6.07, 6.45) is 1.65. The number of rotatable bonds is 7. The second-order valence-electron chi connectivity index (χ2n) is 7.50. The first-order valence-corrected chi connectivity index (χ1v) is 10.2. The van der Waals surface area contributed by atoms with Gasteiger partial charge in [0, 0.05) is 12.3 Å². The molecule has 0 aliphatic carbocycles. The predicted molar refractivity (Wildman–Crippen MR) is 119 cm³/mol. The lowest BCUT2D eigenvalue weighted by Gasteiger charge is -2.12. The standard InChI is InChI=1S/C24H23N3O6/c1-14-6-5-9-27-22(28)11-18(25-23(14)27)12-32-24(29)17-7-8-20(21(10-17)30-4)31-13-19-15(2)26-33-16(19)3/h5-11H,12-13H2,1-4H3. The molecule has 0 atom stereocenters. The van der Waals surface area contributed by atoms with Gasteiger partial charge in [0.25, 0.3) is 5.56 Å². The first-order chi connectivity index (χ1) is 15.9. The van der Waals surface area contributed by atoms with Gasteiger partial charge in [0.15, 0.2) is 11.5 Å². The molecule has 3 aromatic heterocycles. The number of benzene rings is 1. The fourth-order valence-corrected chi connectivity index (χ4v) is 3.38. The molecular weight excluding hydrogens is 426 g/mol. The smallest absolute Gasteiger partial charge is 0.338 e. The molecule has 0 aliphatic rings. The number of hydrogen-bond donors (Lipinski definition) is 0. The zero-order chi connectivity index (χ0) is 23.5. The maximum Gasteiger partial charge on any atom is 0.338 e. The zero-order valence-electron chi connectivity index (χ0n) is 18.7. The summed E-state index contributed by atoms with van der Waals surface area (Å²) in [4.78, 5) is 29.4. The van der Waals surface area contributed by atoms with Crippen LogP contribution < -0.4 is 15.0 Å². The SMILES string of the molecule is COc1cc(C(=O)OCc2cc(=O)n3cccc(C)c3n2)ccc1OCc1c(C)noc1C. The Morgan fingerprint density at radius 1 is 1.09 bits per heavy atom. The van der Waals surface area contributed by atoms with Crippen LogP contribution in [0.2, 0.25) is 0 Å². The Kier molecular flexibility index (Phi) is 6.12. The summed E-state index contributed by atoms with van der Waals surface area (Å²) < 4.78 is 23.2. The van der Waals surface area contributed by atoms with E-state index in [0.29, 0.717) is 28.6 Å². The summed E-state index contributed by atoms with van der Waals surface area (Å²) in [6.45, 7) is 5.63. The van der Waals surface area contributed by atoms with E-state index in [9.17, 15) is 9.59 Å². The molecule has 0 spiro atoms. The first-order valence-electron chi connectivity index (χ1n) is 10.2. The fraction of sp³-hybridized carbons (Fsp3) is 0.250. The number of carbonyl (C=O) groups is 1. The summed E-state index contributed by atoms with van der Waals surface area (Å²) in [5.41, 5.74) is 3.39. The van der Waals surface area contributed by atoms with E-state index in [-0.39, 0.29) is 24.3 Å². The minimum absolute atomic E-state index is 0.133. The van der Waals surface area contributed by atoms with Crippen molar-refractivity contribution in [2.24, 2.45) is 0 Å². The van der Waals surface area contributed by atoms with Gasteiger partial charge in [-0.05, 0) is 50.6 Å². The highest BCUT2D eigenvalue weighted by Gasteiger charge is 2.15. The summed E-state index contributed by atoms with van der Waals surface area (Å²) in [6, 6.07) is 9.75. The van der Waals surface area contributed by atoms with Crippen LogP contribution in [-0.2, 0) is 18.0 Å². The Bertz CT molecular complexity index is 1370. The lowest BCUT2D eigenvalue weighted by Crippen LogP contribution is -2.17. The Labute approximate surface area is 189 Å². The molecule has 33 heavy (non-hydrogen) atoms. The van der Waals surface area contributed by atoms with Crippen molar-refractivity contribution in [3.8, 4) is 11.5 Å². The maximum absolute atomic E-state index is 12.6. The number of ether oxygens (including phenoxy) is 3. The van der Waals surface area contributed by atoms with Gasteiger partial charge in [-0.2, -0.15) is 0 Å². The van der Waals surface area contributed by atoms with Crippen molar-refractivity contribution < 1.29 is 23.5 Å². The van der Waals surface area contributed by atoms with Crippen LogP contribution in [0.4, 0.5) is 0 Å². The van der Waals surface area contributed by atoms with E-state index in [2.05, 4.69) is 10.1 Å². The normalized spacial score (nSPS) is 10.9. The maximum atomic E-state index is 12.6. The van der Waals surface area contributed by atoms with E-state index in [1.165, 1.54) is 23.6 Å². The number of carbonyl (C=O) groups excluding carboxylic acids is 1. The van der Waals surface area contributed by atoms with Crippen LogP contribution in [0.1, 0.15) is 38.6 Å². The van der Waals surface area contributed by atoms with Gasteiger partial charge < -0.3 is 18.7 Å². The molecule has 170 valence electrons. The third kappa shape index (κ3) is 4.57. The van der Waals surface area contributed by atoms with E-state index in [4.69, 9.17) is 18.7 Å². The molecular formula is C24H23N3O6. The van der Waals surface area contributed by atoms with E-state index < -0.39 is 5.97 Å². The van der Waals surface area contributed by atoms with Crippen molar-refractivity contribution in [1.29, 1.82) is 0 Å². The molecule has 0 unspecified atom stereocenters. The number of hydrogen-bond acceptors (Lipinski definition) is 8. The second-order valence-corrected chi connectivity index (χ2v) is 7.50. The van der Waals surface area contributed by atoms with Crippen molar-refractivity contribution in [3.05, 3.63) is 86.8 Å². The Hall–Kier alpha value is -4.14. The first kappa shape index (κ1) is 22.1. The fourth-order valence-electron chi connectivity index (χ4n) is 3.38. The Balaban J connectivity index is 1.47. The lowest BCUT2D eigenvalue weighted by atomic mass is 10.2. The molecule has 9 heteroatoms. The predicted octanol–water partition coefficient (Wildman–Crippen LogP) is 3.55. The van der Waals surface area contributed by atoms with E-state index in [1.807, 2.05) is 26.8 Å². The highest BCUT2D eigenvalue weighted by molar-refractivity contribution is 5.90. The molecule has 0 radical (unpaired) electrons. The molecule has 0 aliphatic heterocycles. The van der Waals surface area contributed by atoms with Gasteiger partial charge in [-0.3, -0.25) is 9.20 Å². The van der Waals surface area contributed by atoms with Gasteiger partial charge in [-0.1, -0.05) is 11.2 Å². The van der Waals surface area contributed by atoms with Crippen molar-refractivity contribution in [3.63, 3.8) is 0 Å². The highest BCUT2D eigenvalue weighted by atomic mass is 16.5. The van der Waals surface area contributed by atoms with Gasteiger partial charge in [-0.25, -0.2) is 9.78 Å². The topological polar surface area (TPSA) is 105 Å². The average Bonchev–Trinajstić information content (AvgIpc) is 3.13. The zero-order valence-corrected chi connectivity index (χ0v) is 18.7. The number of aryl methyl sites for hydroxylation is 3. The second kappa shape index (κ2) is 9.15. The molecule has 0 N–H and O–H groups in total. The number of pyridine rings is 1. The molecule has 3 heterocycles. The molecule has 0 amide bonds. The molecule has 0 saturated carbocycles. The van der Waals surface area contributed by atoms with Crippen LogP contribution >= 0.6 is 0 Å². The summed E-state index contributed by atoms with van der Waals surface area (Å²) in [7, 11) is 1.49. The van der Waals surface area contributed by atoms with Crippen molar-refractivity contribution >= 4 is 11.6 Å². The third-order valence-corrected chi connectivity index (χ3v) is 5.24. The third-order valence-electron chi connectivity index (χ3n) is 5.24. The number of methoxy groups -OCH3 is 1. The molecule has 1 aromatic carbocycles. The Morgan fingerprint density at radius 2 is 1.91 bits per heavy atom. The average molecular weight is 449 g/mol. The number of esters is 1. The van der Waals surface area contributed by atoms with Gasteiger partial charge in [0.2, 0.25) is 0 Å². The summed E-state index contributed by atoms with van der Waals surface area (Å²) in [5, 5.41) is 3.91. The quantitative estimate of drug-likeness (QED) is 0.395. The van der Waals surface area contributed by atoms with Gasteiger partial charge in [-0.15, -0.1) is 0 Å². The van der Waals surface area contributed by atoms with Gasteiger partial charge in [0.1, 0.15) is 24.6 Å². The van der Waals surface area contributed by atoms with Crippen molar-refractivity contribution in [2.75, 3.05) is 7.11 Å². The highest BCUT2D eigenvalue weighted by Crippen LogP contribution is 2.30. The number of nitrogens with zero attached hydrogens (tertiary/aromatic N) is 3. The van der Waals surface area contributed by atoms with Crippen LogP contribution in [0, 0.1) is 20.8 Å². The molecule has 4 rings (SSSR count). The number of fused-ring (bicyclic) bond motifs is 1. The number of aromatic nitrogens is 3. The van der Waals surface area contributed by atoms with Crippen LogP contribution in [0.3, 0.4) is 0 Å². The minimum Gasteiger partial charge on any atom is -0.493 e. The molecule has 0 saturated heterocycles. The monoisotopic (exact) mass is 449 g/mol. The van der Waals surface area contributed by atoms with Crippen molar-refractivity contribution in [2.45, 2.75) is 34.0 Å². The van der Waals surface area contributed by atoms with Crippen LogP contribution in [0.5, 0.6) is 11.5 Å². The van der Waals surface area contributed by atoms with Gasteiger partial charge >= 0.3 is 5.97 Å². The summed E-state index contributed by atoms with van der Waals surface area (Å²) >= 11 is 0. The molecule has 4 aromatic rings. The van der Waals surface area contributed by atoms with Crippen molar-refractivity contribution in [1.82, 2.24) is 14.5 Å². The van der Waals surface area contributed by atoms with E-state index >= 15 is 0 Å². The molecule has 9 nitrogen and oxygen atoms in total. The van der Waals surface area contributed by atoms with Gasteiger partial charge in [0.05, 0.1) is 29.6 Å². The van der Waals surface area contributed by atoms with Crippen LogP contribution in [0.25, 0.3) is 5.65 Å². The van der Waals surface area contributed by atoms with Crippen LogP contribution in [-0.4, -0.2) is 27.6 Å².